The zero-order chi connectivity index (χ0) is 26.7. The summed E-state index contributed by atoms with van der Waals surface area (Å²) >= 11 is 1.38. The molecule has 3 aromatic rings. The summed E-state index contributed by atoms with van der Waals surface area (Å²) in [6.07, 6.45) is -4.13. The number of aromatic nitrogens is 1. The van der Waals surface area contributed by atoms with E-state index in [1.807, 2.05) is 32.9 Å². The van der Waals surface area contributed by atoms with Crippen molar-refractivity contribution in [3.8, 4) is 16.3 Å². The molecule has 1 aromatic heterocycles. The lowest BCUT2D eigenvalue weighted by Gasteiger charge is -2.29. The van der Waals surface area contributed by atoms with Crippen LogP contribution in [0.4, 0.5) is 13.2 Å². The standard InChI is InChI=1S/C27H30F3NO4S/c1-6-26(25(32)33,34-7-2)15-20-10-13-22(14-16(20)3)35-18(5)23-17(4)31-24(36-23)19-8-11-21(12-9-19)27(28,29)30/h8-14,18H,6-7,15H2,1-5H3,(H,32,33). The fourth-order valence-corrected chi connectivity index (χ4v) is 5.11. The predicted molar refractivity (Wildman–Crippen MR) is 133 cm³/mol. The van der Waals surface area contributed by atoms with Crippen molar-refractivity contribution >= 4 is 17.3 Å². The molecule has 0 spiro atoms. The Kier molecular flexibility index (Phi) is 8.46. The van der Waals surface area contributed by atoms with Gasteiger partial charge in [0, 0.05) is 18.6 Å². The number of hydrogen-bond acceptors (Lipinski definition) is 5. The molecule has 9 heteroatoms. The van der Waals surface area contributed by atoms with Crippen molar-refractivity contribution in [1.29, 1.82) is 0 Å². The average Bonchev–Trinajstić information content (AvgIpc) is 3.21. The van der Waals surface area contributed by atoms with Crippen LogP contribution in [0.3, 0.4) is 0 Å². The molecule has 0 aliphatic rings. The van der Waals surface area contributed by atoms with Crippen LogP contribution in [0.2, 0.25) is 0 Å². The van der Waals surface area contributed by atoms with Crippen molar-refractivity contribution in [2.75, 3.05) is 6.61 Å². The second kappa shape index (κ2) is 11.0. The third kappa shape index (κ3) is 6.07. The summed E-state index contributed by atoms with van der Waals surface area (Å²) in [6, 6.07) is 10.5. The Morgan fingerprint density at radius 3 is 2.31 bits per heavy atom. The lowest BCUT2D eigenvalue weighted by molar-refractivity contribution is -0.166. The topological polar surface area (TPSA) is 68.7 Å². The van der Waals surface area contributed by atoms with Gasteiger partial charge in [-0.1, -0.05) is 25.1 Å². The lowest BCUT2D eigenvalue weighted by Crippen LogP contribution is -2.43. The van der Waals surface area contributed by atoms with Crippen molar-refractivity contribution in [3.05, 3.63) is 69.7 Å². The quantitative estimate of drug-likeness (QED) is 0.301. The van der Waals surface area contributed by atoms with Gasteiger partial charge in [-0.15, -0.1) is 11.3 Å². The Morgan fingerprint density at radius 2 is 1.78 bits per heavy atom. The maximum absolute atomic E-state index is 12.9. The number of carboxylic acids is 1. The van der Waals surface area contributed by atoms with Gasteiger partial charge in [-0.25, -0.2) is 9.78 Å². The number of alkyl halides is 3. The summed E-state index contributed by atoms with van der Waals surface area (Å²) in [6.45, 7) is 9.53. The highest BCUT2D eigenvalue weighted by atomic mass is 32.1. The van der Waals surface area contributed by atoms with Gasteiger partial charge < -0.3 is 14.6 Å². The minimum Gasteiger partial charge on any atom is -0.485 e. The van der Waals surface area contributed by atoms with Crippen molar-refractivity contribution in [1.82, 2.24) is 4.98 Å². The SMILES string of the molecule is CCOC(CC)(Cc1ccc(OC(C)c2sc(-c3ccc(C(F)(F)F)cc3)nc2C)cc1C)C(=O)O. The van der Waals surface area contributed by atoms with E-state index in [4.69, 9.17) is 9.47 Å². The molecular weight excluding hydrogens is 491 g/mol. The number of halogens is 3. The molecule has 194 valence electrons. The third-order valence-corrected chi connectivity index (χ3v) is 7.51. The number of thiazole rings is 1. The number of nitrogens with zero attached hydrogens (tertiary/aromatic N) is 1. The van der Waals surface area contributed by atoms with Gasteiger partial charge in [0.2, 0.25) is 0 Å². The molecule has 0 saturated carbocycles. The monoisotopic (exact) mass is 521 g/mol. The normalized spacial score (nSPS) is 14.3. The first-order valence-corrected chi connectivity index (χ1v) is 12.5. The molecule has 1 heterocycles. The number of carbonyl (C=O) groups is 1. The highest BCUT2D eigenvalue weighted by Gasteiger charge is 2.38. The van der Waals surface area contributed by atoms with E-state index in [1.54, 1.807) is 19.9 Å². The lowest BCUT2D eigenvalue weighted by atomic mass is 9.89. The van der Waals surface area contributed by atoms with Gasteiger partial charge in [-0.3, -0.25) is 0 Å². The van der Waals surface area contributed by atoms with Gasteiger partial charge in [0.05, 0.1) is 16.1 Å². The molecule has 1 N–H and O–H groups in total. The molecule has 0 bridgehead atoms. The van der Waals surface area contributed by atoms with Gasteiger partial charge in [0.1, 0.15) is 16.9 Å². The maximum Gasteiger partial charge on any atom is 0.416 e. The smallest absolute Gasteiger partial charge is 0.416 e. The second-order valence-electron chi connectivity index (χ2n) is 8.65. The van der Waals surface area contributed by atoms with Crippen LogP contribution < -0.4 is 4.74 Å². The first-order valence-electron chi connectivity index (χ1n) is 11.7. The Morgan fingerprint density at radius 1 is 1.11 bits per heavy atom. The van der Waals surface area contributed by atoms with Gasteiger partial charge in [0.15, 0.2) is 5.60 Å². The summed E-state index contributed by atoms with van der Waals surface area (Å²) in [5.41, 5.74) is 1.15. The van der Waals surface area contributed by atoms with Crippen molar-refractivity contribution in [2.45, 2.75) is 65.3 Å². The predicted octanol–water partition coefficient (Wildman–Crippen LogP) is 7.40. The Bertz CT molecular complexity index is 1210. The first-order chi connectivity index (χ1) is 16.9. The van der Waals surface area contributed by atoms with Crippen LogP contribution in [0, 0.1) is 13.8 Å². The largest absolute Gasteiger partial charge is 0.485 e. The van der Waals surface area contributed by atoms with Crippen LogP contribution in [0.15, 0.2) is 42.5 Å². The number of benzene rings is 2. The first kappa shape index (κ1) is 27.7. The molecule has 5 nitrogen and oxygen atoms in total. The summed E-state index contributed by atoms with van der Waals surface area (Å²) in [4.78, 5) is 17.3. The summed E-state index contributed by atoms with van der Waals surface area (Å²) in [5, 5.41) is 10.4. The van der Waals surface area contributed by atoms with E-state index in [9.17, 15) is 23.1 Å². The summed E-state index contributed by atoms with van der Waals surface area (Å²) in [5.74, 6) is -0.355. The molecule has 2 atom stereocenters. The van der Waals surface area contributed by atoms with Gasteiger partial charge in [0.25, 0.3) is 0 Å². The molecular formula is C27H30F3NO4S. The van der Waals surface area contributed by atoms with E-state index >= 15 is 0 Å². The Hall–Kier alpha value is -2.91. The number of ether oxygens (including phenoxy) is 2. The molecule has 0 aliphatic carbocycles. The third-order valence-electron chi connectivity index (χ3n) is 6.15. The van der Waals surface area contributed by atoms with E-state index in [2.05, 4.69) is 4.98 Å². The van der Waals surface area contributed by atoms with Crippen LogP contribution in [0.5, 0.6) is 5.75 Å². The van der Waals surface area contributed by atoms with E-state index < -0.39 is 23.3 Å². The summed E-state index contributed by atoms with van der Waals surface area (Å²) in [7, 11) is 0. The van der Waals surface area contributed by atoms with Crippen molar-refractivity contribution in [2.24, 2.45) is 0 Å². The fourth-order valence-electron chi connectivity index (χ4n) is 4.06. The number of rotatable bonds is 10. The van der Waals surface area contributed by atoms with Gasteiger partial charge in [-0.05, 0) is 69.5 Å². The molecule has 3 rings (SSSR count). The maximum atomic E-state index is 12.9. The van der Waals surface area contributed by atoms with Crippen LogP contribution in [0.1, 0.15) is 60.6 Å². The number of aliphatic carboxylic acids is 1. The van der Waals surface area contributed by atoms with Crippen LogP contribution >= 0.6 is 11.3 Å². The number of carboxylic acid groups (broad SMARTS) is 1. The Balaban J connectivity index is 1.77. The van der Waals surface area contributed by atoms with Crippen molar-refractivity contribution in [3.63, 3.8) is 0 Å². The van der Waals surface area contributed by atoms with E-state index in [-0.39, 0.29) is 12.5 Å². The van der Waals surface area contributed by atoms with Crippen LogP contribution in [0.25, 0.3) is 10.6 Å². The minimum absolute atomic E-state index is 0.249. The molecule has 0 aliphatic heterocycles. The molecule has 0 saturated heterocycles. The average molecular weight is 522 g/mol. The number of hydrogen-bond donors (Lipinski definition) is 1. The molecule has 36 heavy (non-hydrogen) atoms. The van der Waals surface area contributed by atoms with E-state index in [0.717, 1.165) is 33.8 Å². The molecule has 2 unspecified atom stereocenters. The van der Waals surface area contributed by atoms with Crippen LogP contribution in [-0.4, -0.2) is 28.3 Å². The second-order valence-corrected chi connectivity index (χ2v) is 9.69. The summed E-state index contributed by atoms with van der Waals surface area (Å²) < 4.78 is 50.4. The zero-order valence-electron chi connectivity index (χ0n) is 20.9. The molecule has 2 aromatic carbocycles. The molecule has 0 amide bonds. The highest BCUT2D eigenvalue weighted by molar-refractivity contribution is 7.15. The van der Waals surface area contributed by atoms with Crippen molar-refractivity contribution < 1.29 is 32.5 Å². The fraction of sp³-hybridized carbons (Fsp3) is 0.407. The molecule has 0 fully saturated rings. The zero-order valence-corrected chi connectivity index (χ0v) is 21.7. The van der Waals surface area contributed by atoms with E-state index in [0.29, 0.717) is 29.3 Å². The van der Waals surface area contributed by atoms with Gasteiger partial charge in [-0.2, -0.15) is 13.2 Å². The molecule has 0 radical (unpaired) electrons. The number of aryl methyl sites for hydroxylation is 2. The van der Waals surface area contributed by atoms with Gasteiger partial charge >= 0.3 is 12.1 Å². The minimum atomic E-state index is -4.38. The Labute approximate surface area is 212 Å². The van der Waals surface area contributed by atoms with E-state index in [1.165, 1.54) is 23.5 Å². The van der Waals surface area contributed by atoms with Crippen LogP contribution in [-0.2, 0) is 22.1 Å². The highest BCUT2D eigenvalue weighted by Crippen LogP contribution is 2.36.